The van der Waals surface area contributed by atoms with Crippen molar-refractivity contribution in [3.63, 3.8) is 0 Å². The Bertz CT molecular complexity index is 789. The molecule has 2 aliphatic rings. The summed E-state index contributed by atoms with van der Waals surface area (Å²) in [5.41, 5.74) is -3.05. The first-order valence-corrected chi connectivity index (χ1v) is 8.45. The minimum atomic E-state index is -2.14. The van der Waals surface area contributed by atoms with Crippen molar-refractivity contribution in [2.24, 2.45) is 5.92 Å². The third kappa shape index (κ3) is 2.49. The minimum absolute atomic E-state index is 0.413. The molecule has 0 amide bonds. The first-order valence-electron chi connectivity index (χ1n) is 8.45. The Morgan fingerprint density at radius 3 is 2.76 bits per heavy atom. The Hall–Kier alpha value is -1.84. The molecule has 25 heavy (non-hydrogen) atoms. The number of rotatable bonds is 5. The lowest BCUT2D eigenvalue weighted by molar-refractivity contribution is -0.0891. The van der Waals surface area contributed by atoms with E-state index in [1.165, 1.54) is 43.9 Å². The minimum Gasteiger partial charge on any atom is -0.394 e. The van der Waals surface area contributed by atoms with Crippen LogP contribution in [0.25, 0.3) is 11.2 Å². The third-order valence-corrected chi connectivity index (χ3v) is 5.41. The molecular weight excluding hydrogens is 329 g/mol. The van der Waals surface area contributed by atoms with Gasteiger partial charge in [0.15, 0.2) is 28.9 Å². The Balaban J connectivity index is 1.71. The SMILES string of the molecule is C[C@]1(F)[C@@H](n2cnc3c(NCC4CC4)ncnc32)O[C@H](CO)[C@@]1(C)O. The molecule has 0 bridgehead atoms. The maximum atomic E-state index is 15.4. The van der Waals surface area contributed by atoms with Crippen LogP contribution >= 0.6 is 0 Å². The highest BCUT2D eigenvalue weighted by Crippen LogP contribution is 2.48. The fourth-order valence-corrected chi connectivity index (χ4v) is 3.24. The maximum Gasteiger partial charge on any atom is 0.183 e. The number of anilines is 1. The van der Waals surface area contributed by atoms with Crippen LogP contribution < -0.4 is 5.32 Å². The number of aliphatic hydroxyl groups excluding tert-OH is 1. The van der Waals surface area contributed by atoms with E-state index in [9.17, 15) is 10.2 Å². The number of imidazole rings is 1. The Kier molecular flexibility index (Phi) is 3.71. The predicted octanol–water partition coefficient (Wildman–Crippen LogP) is 1.02. The van der Waals surface area contributed by atoms with Crippen LogP contribution in [0.1, 0.15) is 32.9 Å². The molecule has 4 atom stereocenters. The predicted molar refractivity (Wildman–Crippen MR) is 87.7 cm³/mol. The second-order valence-electron chi connectivity index (χ2n) is 7.25. The van der Waals surface area contributed by atoms with Gasteiger partial charge >= 0.3 is 0 Å². The lowest BCUT2D eigenvalue weighted by atomic mass is 9.85. The Morgan fingerprint density at radius 2 is 2.12 bits per heavy atom. The van der Waals surface area contributed by atoms with Gasteiger partial charge in [0.2, 0.25) is 0 Å². The second kappa shape index (κ2) is 5.58. The zero-order valence-electron chi connectivity index (χ0n) is 14.2. The molecule has 3 heterocycles. The summed E-state index contributed by atoms with van der Waals surface area (Å²) in [7, 11) is 0. The van der Waals surface area contributed by atoms with Crippen molar-refractivity contribution in [3.05, 3.63) is 12.7 Å². The lowest BCUT2D eigenvalue weighted by Crippen LogP contribution is -2.51. The van der Waals surface area contributed by atoms with E-state index >= 15 is 4.39 Å². The van der Waals surface area contributed by atoms with Gasteiger partial charge in [0, 0.05) is 6.54 Å². The van der Waals surface area contributed by atoms with Gasteiger partial charge in [-0.1, -0.05) is 0 Å². The normalized spacial score (nSPS) is 35.4. The van der Waals surface area contributed by atoms with Crippen LogP contribution in [0.4, 0.5) is 10.2 Å². The molecule has 0 unspecified atom stereocenters. The molecule has 0 radical (unpaired) electrons. The van der Waals surface area contributed by atoms with Gasteiger partial charge in [0.05, 0.1) is 12.9 Å². The quantitative estimate of drug-likeness (QED) is 0.738. The summed E-state index contributed by atoms with van der Waals surface area (Å²) in [5.74, 6) is 1.26. The van der Waals surface area contributed by atoms with Gasteiger partial charge in [-0.3, -0.25) is 4.57 Å². The molecule has 8 nitrogen and oxygen atoms in total. The Labute approximate surface area is 144 Å². The summed E-state index contributed by atoms with van der Waals surface area (Å²) in [4.78, 5) is 12.7. The van der Waals surface area contributed by atoms with Gasteiger partial charge < -0.3 is 20.3 Å². The van der Waals surface area contributed by atoms with Crippen molar-refractivity contribution in [3.8, 4) is 0 Å². The van der Waals surface area contributed by atoms with Gasteiger partial charge in [-0.2, -0.15) is 0 Å². The summed E-state index contributed by atoms with van der Waals surface area (Å²) in [6.45, 7) is 2.91. The smallest absolute Gasteiger partial charge is 0.183 e. The number of nitrogens with one attached hydrogen (secondary N) is 1. The van der Waals surface area contributed by atoms with Gasteiger partial charge in [-0.25, -0.2) is 19.3 Å². The molecule has 2 fully saturated rings. The van der Waals surface area contributed by atoms with Crippen LogP contribution in [-0.4, -0.2) is 60.3 Å². The van der Waals surface area contributed by atoms with Crippen LogP contribution in [0.3, 0.4) is 0 Å². The molecule has 1 aliphatic carbocycles. The van der Waals surface area contributed by atoms with Crippen LogP contribution in [0.2, 0.25) is 0 Å². The van der Waals surface area contributed by atoms with Crippen LogP contribution in [0.15, 0.2) is 12.7 Å². The highest BCUT2D eigenvalue weighted by atomic mass is 19.1. The zero-order valence-corrected chi connectivity index (χ0v) is 14.2. The molecule has 3 N–H and O–H groups in total. The first kappa shape index (κ1) is 16.6. The van der Waals surface area contributed by atoms with E-state index in [2.05, 4.69) is 20.3 Å². The average Bonchev–Trinajstić information content (AvgIpc) is 3.27. The van der Waals surface area contributed by atoms with Crippen molar-refractivity contribution < 1.29 is 19.3 Å². The van der Waals surface area contributed by atoms with Gasteiger partial charge in [-0.05, 0) is 32.6 Å². The van der Waals surface area contributed by atoms with E-state index in [0.29, 0.717) is 22.9 Å². The standard InChI is InChI=1S/C16H22FN5O3/c1-15(17)14(25-10(6-23)16(15,2)24)22-8-21-11-12(18-5-9-3-4-9)19-7-20-13(11)22/h7-10,14,23-24H,3-6H2,1-2H3,(H,18,19,20)/t10-,14+,15+,16-/m1/s1. The van der Waals surface area contributed by atoms with E-state index in [1.807, 2.05) is 0 Å². The topological polar surface area (TPSA) is 105 Å². The fourth-order valence-electron chi connectivity index (χ4n) is 3.24. The van der Waals surface area contributed by atoms with Gasteiger partial charge in [-0.15, -0.1) is 0 Å². The first-order chi connectivity index (χ1) is 11.9. The fraction of sp³-hybridized carbons (Fsp3) is 0.688. The average molecular weight is 351 g/mol. The van der Waals surface area contributed by atoms with E-state index in [4.69, 9.17) is 4.74 Å². The highest BCUT2D eigenvalue weighted by molar-refractivity contribution is 5.82. The van der Waals surface area contributed by atoms with E-state index in [-0.39, 0.29) is 0 Å². The van der Waals surface area contributed by atoms with E-state index in [1.54, 1.807) is 0 Å². The zero-order chi connectivity index (χ0) is 17.8. The van der Waals surface area contributed by atoms with E-state index < -0.39 is 30.2 Å². The summed E-state index contributed by atoms with van der Waals surface area (Å²) in [6, 6.07) is 0. The number of nitrogens with zero attached hydrogens (tertiary/aromatic N) is 4. The number of fused-ring (bicyclic) bond motifs is 1. The number of aromatic nitrogens is 4. The third-order valence-electron chi connectivity index (χ3n) is 5.41. The molecule has 2 aromatic heterocycles. The summed E-state index contributed by atoms with van der Waals surface area (Å²) >= 11 is 0. The molecule has 136 valence electrons. The number of halogens is 1. The summed E-state index contributed by atoms with van der Waals surface area (Å²) in [6.07, 6.45) is 3.05. The van der Waals surface area contributed by atoms with Crippen molar-refractivity contribution in [2.45, 2.75) is 50.3 Å². The molecule has 1 aliphatic heterocycles. The van der Waals surface area contributed by atoms with Crippen LogP contribution in [-0.2, 0) is 4.74 Å². The maximum absolute atomic E-state index is 15.4. The largest absolute Gasteiger partial charge is 0.394 e. The van der Waals surface area contributed by atoms with Gasteiger partial charge in [0.1, 0.15) is 18.0 Å². The van der Waals surface area contributed by atoms with Crippen LogP contribution in [0, 0.1) is 5.92 Å². The molecule has 0 spiro atoms. The number of ether oxygens (including phenoxy) is 1. The number of hydrogen-bond donors (Lipinski definition) is 3. The van der Waals surface area contributed by atoms with Crippen molar-refractivity contribution in [1.82, 2.24) is 19.5 Å². The molecule has 9 heteroatoms. The highest BCUT2D eigenvalue weighted by Gasteiger charge is 2.63. The van der Waals surface area contributed by atoms with Crippen LogP contribution in [0.5, 0.6) is 0 Å². The number of alkyl halides is 1. The lowest BCUT2D eigenvalue weighted by Gasteiger charge is -2.32. The summed E-state index contributed by atoms with van der Waals surface area (Å²) < 4.78 is 22.4. The number of hydrogen-bond acceptors (Lipinski definition) is 7. The van der Waals surface area contributed by atoms with E-state index in [0.717, 1.165) is 6.54 Å². The number of aliphatic hydroxyl groups is 2. The second-order valence-corrected chi connectivity index (χ2v) is 7.25. The van der Waals surface area contributed by atoms with Crippen molar-refractivity contribution >= 4 is 17.0 Å². The van der Waals surface area contributed by atoms with Gasteiger partial charge in [0.25, 0.3) is 0 Å². The monoisotopic (exact) mass is 351 g/mol. The van der Waals surface area contributed by atoms with Crippen molar-refractivity contribution in [2.75, 3.05) is 18.5 Å². The molecule has 1 saturated carbocycles. The Morgan fingerprint density at radius 1 is 1.36 bits per heavy atom. The molecule has 0 aromatic carbocycles. The van der Waals surface area contributed by atoms with Crippen molar-refractivity contribution in [1.29, 1.82) is 0 Å². The molecule has 2 aromatic rings. The molecule has 4 rings (SSSR count). The molecular formula is C16H22FN5O3. The summed E-state index contributed by atoms with van der Waals surface area (Å²) in [5, 5.41) is 23.2. The molecule has 1 saturated heterocycles.